The first kappa shape index (κ1) is 9.07. The average Bonchev–Trinajstić information content (AvgIpc) is 2.05. The van der Waals surface area contributed by atoms with Gasteiger partial charge in [0.2, 0.25) is 0 Å². The summed E-state index contributed by atoms with van der Waals surface area (Å²) >= 11 is 4.85. The van der Waals surface area contributed by atoms with E-state index in [-0.39, 0.29) is 5.78 Å². The molecule has 12 heavy (non-hydrogen) atoms. The van der Waals surface area contributed by atoms with Gasteiger partial charge in [-0.25, -0.2) is 0 Å². The van der Waals surface area contributed by atoms with E-state index in [1.165, 1.54) is 0 Å². The molecule has 1 aromatic carbocycles. The number of thiocarbonyl (C=S) groups is 1. The van der Waals surface area contributed by atoms with Crippen LogP contribution in [0.5, 0.6) is 0 Å². The number of rotatable bonds is 3. The van der Waals surface area contributed by atoms with Gasteiger partial charge in [0, 0.05) is 12.0 Å². The maximum atomic E-state index is 11.4. The Labute approximate surface area is 77.4 Å². The van der Waals surface area contributed by atoms with Crippen LogP contribution in [0.25, 0.3) is 0 Å². The lowest BCUT2D eigenvalue weighted by molar-refractivity contribution is 0.100. The second-order valence-electron chi connectivity index (χ2n) is 2.67. The standard InChI is InChI=1S/C10H10OS/c1-8(12)7-10(11)9-5-3-2-4-6-9/h2-6H,7H2,1H3. The van der Waals surface area contributed by atoms with Gasteiger partial charge in [-0.15, -0.1) is 0 Å². The second-order valence-corrected chi connectivity index (χ2v) is 3.36. The fourth-order valence-corrected chi connectivity index (χ4v) is 1.08. The van der Waals surface area contributed by atoms with Crippen LogP contribution in [0.3, 0.4) is 0 Å². The molecule has 0 spiro atoms. The molecule has 0 aliphatic carbocycles. The van der Waals surface area contributed by atoms with Crippen LogP contribution in [0, 0.1) is 0 Å². The molecule has 0 amide bonds. The minimum Gasteiger partial charge on any atom is -0.294 e. The van der Waals surface area contributed by atoms with Gasteiger partial charge < -0.3 is 0 Å². The van der Waals surface area contributed by atoms with Gasteiger partial charge in [0.15, 0.2) is 5.78 Å². The van der Waals surface area contributed by atoms with Crippen LogP contribution < -0.4 is 0 Å². The van der Waals surface area contributed by atoms with E-state index >= 15 is 0 Å². The number of hydrogen-bond donors (Lipinski definition) is 0. The normalized spacial score (nSPS) is 9.42. The Hall–Kier alpha value is -1.02. The van der Waals surface area contributed by atoms with Crippen LogP contribution in [-0.4, -0.2) is 10.6 Å². The lowest BCUT2D eigenvalue weighted by Crippen LogP contribution is -2.02. The fourth-order valence-electron chi connectivity index (χ4n) is 0.952. The quantitative estimate of drug-likeness (QED) is 0.523. The topological polar surface area (TPSA) is 17.1 Å². The summed E-state index contributed by atoms with van der Waals surface area (Å²) in [4.78, 5) is 12.1. The second kappa shape index (κ2) is 4.12. The maximum absolute atomic E-state index is 11.4. The van der Waals surface area contributed by atoms with Crippen molar-refractivity contribution in [3.63, 3.8) is 0 Å². The summed E-state index contributed by atoms with van der Waals surface area (Å²) in [6, 6.07) is 9.21. The van der Waals surface area contributed by atoms with E-state index in [1.807, 2.05) is 18.2 Å². The zero-order valence-electron chi connectivity index (χ0n) is 6.91. The Balaban J connectivity index is 2.73. The Morgan fingerprint density at radius 3 is 2.42 bits per heavy atom. The van der Waals surface area contributed by atoms with Crippen molar-refractivity contribution in [1.29, 1.82) is 0 Å². The van der Waals surface area contributed by atoms with Crippen molar-refractivity contribution in [2.24, 2.45) is 0 Å². The number of ketones is 1. The Morgan fingerprint density at radius 1 is 1.33 bits per heavy atom. The molecule has 1 nitrogen and oxygen atoms in total. The van der Waals surface area contributed by atoms with Gasteiger partial charge in [-0.3, -0.25) is 4.79 Å². The first-order valence-electron chi connectivity index (χ1n) is 3.78. The first-order valence-corrected chi connectivity index (χ1v) is 4.18. The van der Waals surface area contributed by atoms with Gasteiger partial charge in [-0.1, -0.05) is 42.5 Å². The molecule has 0 aliphatic rings. The first-order chi connectivity index (χ1) is 5.70. The number of benzene rings is 1. The molecule has 1 rings (SSSR count). The molecule has 0 radical (unpaired) electrons. The van der Waals surface area contributed by atoms with Crippen molar-refractivity contribution < 1.29 is 4.79 Å². The smallest absolute Gasteiger partial charge is 0.167 e. The maximum Gasteiger partial charge on any atom is 0.167 e. The van der Waals surface area contributed by atoms with Gasteiger partial charge in [0.25, 0.3) is 0 Å². The van der Waals surface area contributed by atoms with Crippen LogP contribution in [0.15, 0.2) is 30.3 Å². The molecule has 0 unspecified atom stereocenters. The van der Waals surface area contributed by atoms with Crippen molar-refractivity contribution >= 4 is 22.9 Å². The molecule has 0 fully saturated rings. The third kappa shape index (κ3) is 2.55. The highest BCUT2D eigenvalue weighted by Gasteiger charge is 2.04. The van der Waals surface area contributed by atoms with Crippen molar-refractivity contribution in [3.05, 3.63) is 35.9 Å². The number of carbonyl (C=O) groups is 1. The van der Waals surface area contributed by atoms with Crippen LogP contribution in [0.1, 0.15) is 23.7 Å². The van der Waals surface area contributed by atoms with Crippen LogP contribution in [0.4, 0.5) is 0 Å². The fraction of sp³-hybridized carbons (Fsp3) is 0.200. The molecule has 0 N–H and O–H groups in total. The van der Waals surface area contributed by atoms with E-state index in [1.54, 1.807) is 19.1 Å². The predicted molar refractivity (Wildman–Crippen MR) is 53.7 cm³/mol. The van der Waals surface area contributed by atoms with Gasteiger partial charge in [0.05, 0.1) is 0 Å². The Kier molecular flexibility index (Phi) is 3.11. The van der Waals surface area contributed by atoms with Gasteiger partial charge in [0.1, 0.15) is 0 Å². The molecule has 0 aromatic heterocycles. The van der Waals surface area contributed by atoms with E-state index in [2.05, 4.69) is 0 Å². The van der Waals surface area contributed by atoms with Crippen LogP contribution in [-0.2, 0) is 0 Å². The predicted octanol–water partition coefficient (Wildman–Crippen LogP) is 2.65. The molecule has 0 aliphatic heterocycles. The zero-order valence-corrected chi connectivity index (χ0v) is 7.73. The Morgan fingerprint density at radius 2 is 1.92 bits per heavy atom. The van der Waals surface area contributed by atoms with E-state index in [0.717, 1.165) is 10.4 Å². The zero-order chi connectivity index (χ0) is 8.97. The van der Waals surface area contributed by atoms with Gasteiger partial charge in [-0.2, -0.15) is 0 Å². The van der Waals surface area contributed by atoms with Crippen molar-refractivity contribution in [3.8, 4) is 0 Å². The minimum absolute atomic E-state index is 0.100. The monoisotopic (exact) mass is 178 g/mol. The summed E-state index contributed by atoms with van der Waals surface area (Å²) < 4.78 is 0. The third-order valence-corrected chi connectivity index (χ3v) is 1.65. The number of hydrogen-bond acceptors (Lipinski definition) is 2. The molecule has 0 saturated heterocycles. The SMILES string of the molecule is CC(=S)CC(=O)c1ccccc1. The molecular weight excluding hydrogens is 168 g/mol. The molecule has 0 bridgehead atoms. The van der Waals surface area contributed by atoms with Crippen LogP contribution >= 0.6 is 12.2 Å². The molecule has 0 heterocycles. The molecule has 2 heteroatoms. The lowest BCUT2D eigenvalue weighted by atomic mass is 10.1. The van der Waals surface area contributed by atoms with E-state index in [9.17, 15) is 4.79 Å². The highest BCUT2D eigenvalue weighted by molar-refractivity contribution is 7.80. The lowest BCUT2D eigenvalue weighted by Gasteiger charge is -1.97. The Bertz CT molecular complexity index is 290. The van der Waals surface area contributed by atoms with Gasteiger partial charge >= 0.3 is 0 Å². The molecule has 0 saturated carbocycles. The highest BCUT2D eigenvalue weighted by atomic mass is 32.1. The average molecular weight is 178 g/mol. The minimum atomic E-state index is 0.100. The van der Waals surface area contributed by atoms with E-state index < -0.39 is 0 Å². The summed E-state index contributed by atoms with van der Waals surface area (Å²) in [5.41, 5.74) is 0.738. The van der Waals surface area contributed by atoms with E-state index in [0.29, 0.717) is 6.42 Å². The summed E-state index contributed by atoms with van der Waals surface area (Å²) in [6.07, 6.45) is 0.374. The van der Waals surface area contributed by atoms with Crippen LogP contribution in [0.2, 0.25) is 0 Å². The number of carbonyl (C=O) groups excluding carboxylic acids is 1. The summed E-state index contributed by atoms with van der Waals surface area (Å²) in [6.45, 7) is 1.79. The molecule has 62 valence electrons. The molecular formula is C10H10OS. The summed E-state index contributed by atoms with van der Waals surface area (Å²) in [5.74, 6) is 0.100. The number of Topliss-reactive ketones (excluding diaryl/α,β-unsaturated/α-hetero) is 1. The molecule has 0 atom stereocenters. The van der Waals surface area contributed by atoms with Crippen molar-refractivity contribution in [1.82, 2.24) is 0 Å². The van der Waals surface area contributed by atoms with Crippen molar-refractivity contribution in [2.75, 3.05) is 0 Å². The third-order valence-electron chi connectivity index (χ3n) is 1.51. The summed E-state index contributed by atoms with van der Waals surface area (Å²) in [7, 11) is 0. The van der Waals surface area contributed by atoms with E-state index in [4.69, 9.17) is 12.2 Å². The molecule has 1 aromatic rings. The highest BCUT2D eigenvalue weighted by Crippen LogP contribution is 2.03. The summed E-state index contributed by atoms with van der Waals surface area (Å²) in [5, 5.41) is 0. The van der Waals surface area contributed by atoms with Crippen molar-refractivity contribution in [2.45, 2.75) is 13.3 Å². The van der Waals surface area contributed by atoms with Gasteiger partial charge in [-0.05, 0) is 11.8 Å². The largest absolute Gasteiger partial charge is 0.294 e.